The van der Waals surface area contributed by atoms with E-state index >= 15 is 0 Å². The van der Waals surface area contributed by atoms with Crippen molar-refractivity contribution >= 4 is 24.8 Å². The third-order valence-electron chi connectivity index (χ3n) is 6.85. The molecule has 0 saturated carbocycles. The van der Waals surface area contributed by atoms with Crippen molar-refractivity contribution in [3.8, 4) is 0 Å². The van der Waals surface area contributed by atoms with Gasteiger partial charge in [0.25, 0.3) is 8.32 Å². The second kappa shape index (κ2) is 14.1. The fraction of sp³-hybridized carbons (Fsp3) is 0.424. The number of hydrogen-bond acceptors (Lipinski definition) is 5. The van der Waals surface area contributed by atoms with Gasteiger partial charge in [-0.05, 0) is 41.7 Å². The number of aliphatic hydroxyl groups excluding tert-OH is 1. The summed E-state index contributed by atoms with van der Waals surface area (Å²) in [6.07, 6.45) is -0.551. The van der Waals surface area contributed by atoms with Gasteiger partial charge in [0.05, 0.1) is 32.5 Å². The third kappa shape index (κ3) is 8.51. The summed E-state index contributed by atoms with van der Waals surface area (Å²) in [5, 5.41) is 15.5. The van der Waals surface area contributed by atoms with Crippen molar-refractivity contribution in [3.05, 3.63) is 96.6 Å². The lowest BCUT2D eigenvalue weighted by Gasteiger charge is -2.44. The third-order valence-corrected chi connectivity index (χ3v) is 11.9. The van der Waals surface area contributed by atoms with E-state index in [1.165, 1.54) is 0 Å². The van der Waals surface area contributed by atoms with Crippen molar-refractivity contribution in [2.75, 3.05) is 19.8 Å². The second-order valence-electron chi connectivity index (χ2n) is 12.2. The molecule has 3 aromatic rings. The van der Waals surface area contributed by atoms with Crippen LogP contribution in [0.4, 0.5) is 4.79 Å². The quantitative estimate of drug-likeness (QED) is 0.293. The predicted octanol–water partition coefficient (Wildman–Crippen LogP) is 5.28. The van der Waals surface area contributed by atoms with Crippen LogP contribution in [0.3, 0.4) is 0 Å². The lowest BCUT2D eigenvalue weighted by atomic mass is 10.0. The molecule has 2 atom stereocenters. The van der Waals surface area contributed by atoms with Gasteiger partial charge >= 0.3 is 6.09 Å². The number of rotatable bonds is 12. The monoisotopic (exact) mass is 563 g/mol. The van der Waals surface area contributed by atoms with Gasteiger partial charge in [-0.1, -0.05) is 112 Å². The largest absolute Gasteiger partial charge is 0.444 e. The molecule has 1 amide bonds. The number of alkyl carbamates (subject to hydrolysis) is 1. The predicted molar refractivity (Wildman–Crippen MR) is 163 cm³/mol. The molecule has 0 aliphatic carbocycles. The summed E-state index contributed by atoms with van der Waals surface area (Å²) >= 11 is 0. The molecule has 0 radical (unpaired) electrons. The summed E-state index contributed by atoms with van der Waals surface area (Å²) in [6.45, 7) is 12.8. The molecule has 216 valence electrons. The molecule has 6 nitrogen and oxygen atoms in total. The highest BCUT2D eigenvalue weighted by Gasteiger charge is 2.50. The van der Waals surface area contributed by atoms with Crippen LogP contribution in [-0.4, -0.2) is 51.0 Å². The molecule has 0 heterocycles. The Morgan fingerprint density at radius 1 is 0.800 bits per heavy atom. The number of carbonyl (C=O) groups excluding carboxylic acids is 1. The van der Waals surface area contributed by atoms with Crippen molar-refractivity contribution < 1.29 is 23.8 Å². The van der Waals surface area contributed by atoms with E-state index in [1.807, 2.05) is 87.5 Å². The molecule has 0 aliphatic rings. The van der Waals surface area contributed by atoms with Crippen molar-refractivity contribution in [1.29, 1.82) is 0 Å². The summed E-state index contributed by atoms with van der Waals surface area (Å²) < 4.78 is 18.7. The van der Waals surface area contributed by atoms with Crippen molar-refractivity contribution in [3.63, 3.8) is 0 Å². The van der Waals surface area contributed by atoms with E-state index in [0.29, 0.717) is 6.61 Å². The summed E-state index contributed by atoms with van der Waals surface area (Å²) in [5.41, 5.74) is 0.380. The van der Waals surface area contributed by atoms with E-state index in [2.05, 4.69) is 50.4 Å². The summed E-state index contributed by atoms with van der Waals surface area (Å²) in [5.74, 6) is -0.408. The average molecular weight is 564 g/mol. The van der Waals surface area contributed by atoms with Crippen LogP contribution < -0.4 is 15.7 Å². The highest BCUT2D eigenvalue weighted by atomic mass is 28.4. The number of nitrogens with one attached hydrogen (secondary N) is 1. The number of ether oxygens (including phenoxy) is 2. The zero-order valence-electron chi connectivity index (χ0n) is 24.7. The van der Waals surface area contributed by atoms with Crippen LogP contribution in [0.2, 0.25) is 5.04 Å². The van der Waals surface area contributed by atoms with Crippen LogP contribution in [0.15, 0.2) is 91.0 Å². The summed E-state index contributed by atoms with van der Waals surface area (Å²) in [6, 6.07) is 30.1. The van der Waals surface area contributed by atoms with Crippen LogP contribution in [0.25, 0.3) is 0 Å². The number of hydrogen-bond donors (Lipinski definition) is 2. The Morgan fingerprint density at radius 2 is 1.30 bits per heavy atom. The number of aliphatic hydroxyl groups is 1. The Bertz CT molecular complexity index is 1120. The van der Waals surface area contributed by atoms with Gasteiger partial charge in [0.2, 0.25) is 0 Å². The molecule has 3 rings (SSSR count). The Balaban J connectivity index is 1.93. The molecular weight excluding hydrogens is 518 g/mol. The maximum Gasteiger partial charge on any atom is 0.407 e. The van der Waals surface area contributed by atoms with Gasteiger partial charge in [0.1, 0.15) is 5.60 Å². The highest BCUT2D eigenvalue weighted by Crippen LogP contribution is 2.37. The van der Waals surface area contributed by atoms with Gasteiger partial charge in [-0.15, -0.1) is 0 Å². The molecule has 0 aliphatic heterocycles. The smallest absolute Gasteiger partial charge is 0.407 e. The number of benzene rings is 3. The molecule has 0 saturated heterocycles. The second-order valence-corrected chi connectivity index (χ2v) is 16.5. The van der Waals surface area contributed by atoms with Gasteiger partial charge in [0.15, 0.2) is 0 Å². The van der Waals surface area contributed by atoms with Crippen LogP contribution in [0.5, 0.6) is 0 Å². The van der Waals surface area contributed by atoms with Crippen LogP contribution in [-0.2, 0) is 20.5 Å². The molecule has 0 spiro atoms. The standard InChI is InChI=1S/C33H45NO5Si/c1-32(2,3)39-31(36)34-30(27(22-35)24-37-23-26-16-10-7-11-17-26)25-38-40(33(4,5)6,28-18-12-8-13-19-28)29-20-14-9-15-21-29/h7-21,27,30,35H,22-25H2,1-6H3,(H,34,36)/t27-,30-/m1/s1. The fourth-order valence-electron chi connectivity index (χ4n) is 4.93. The Morgan fingerprint density at radius 3 is 1.75 bits per heavy atom. The van der Waals surface area contributed by atoms with E-state index in [1.54, 1.807) is 0 Å². The van der Waals surface area contributed by atoms with E-state index in [0.717, 1.165) is 15.9 Å². The summed E-state index contributed by atoms with van der Waals surface area (Å²) in [7, 11) is -2.87. The molecule has 0 unspecified atom stereocenters. The fourth-order valence-corrected chi connectivity index (χ4v) is 9.51. The van der Waals surface area contributed by atoms with Crippen molar-refractivity contribution in [2.24, 2.45) is 5.92 Å². The topological polar surface area (TPSA) is 77.0 Å². The van der Waals surface area contributed by atoms with Gasteiger partial charge in [-0.3, -0.25) is 0 Å². The Hall–Kier alpha value is -2.97. The lowest BCUT2D eigenvalue weighted by Crippen LogP contribution is -2.67. The zero-order valence-corrected chi connectivity index (χ0v) is 25.7. The zero-order chi connectivity index (χ0) is 29.2. The average Bonchev–Trinajstić information content (AvgIpc) is 2.91. The first-order valence-electron chi connectivity index (χ1n) is 13.9. The van der Waals surface area contributed by atoms with E-state index in [4.69, 9.17) is 13.9 Å². The normalized spacial score (nSPS) is 13.9. The van der Waals surface area contributed by atoms with Crippen molar-refractivity contribution in [1.82, 2.24) is 5.32 Å². The van der Waals surface area contributed by atoms with Crippen molar-refractivity contribution in [2.45, 2.75) is 64.8 Å². The van der Waals surface area contributed by atoms with E-state index in [9.17, 15) is 9.90 Å². The minimum atomic E-state index is -2.87. The molecule has 0 fully saturated rings. The maximum absolute atomic E-state index is 12.9. The molecule has 0 bridgehead atoms. The van der Waals surface area contributed by atoms with Gasteiger partial charge in [0, 0.05) is 5.92 Å². The highest BCUT2D eigenvalue weighted by molar-refractivity contribution is 6.99. The molecular formula is C33H45NO5Si. The number of amides is 1. The first kappa shape index (κ1) is 31.6. The van der Waals surface area contributed by atoms with Crippen LogP contribution in [0.1, 0.15) is 47.1 Å². The SMILES string of the molecule is CC(C)(C)OC(=O)N[C@H](CO[Si](c1ccccc1)(c1ccccc1)C(C)(C)C)[C@H](CO)COCc1ccccc1. The first-order chi connectivity index (χ1) is 19.0. The molecule has 3 aromatic carbocycles. The first-order valence-corrected chi connectivity index (χ1v) is 15.8. The molecule has 0 aromatic heterocycles. The lowest BCUT2D eigenvalue weighted by molar-refractivity contribution is 0.0227. The van der Waals surface area contributed by atoms with Gasteiger partial charge in [-0.2, -0.15) is 0 Å². The van der Waals surface area contributed by atoms with E-state index < -0.39 is 32.0 Å². The summed E-state index contributed by atoms with van der Waals surface area (Å²) in [4.78, 5) is 12.9. The van der Waals surface area contributed by atoms with Gasteiger partial charge < -0.3 is 24.3 Å². The maximum atomic E-state index is 12.9. The molecule has 7 heteroatoms. The Labute approximate surface area is 240 Å². The Kier molecular flexibility index (Phi) is 11.1. The molecule has 40 heavy (non-hydrogen) atoms. The van der Waals surface area contributed by atoms with E-state index in [-0.39, 0.29) is 24.9 Å². The van der Waals surface area contributed by atoms with Crippen LogP contribution in [0, 0.1) is 5.92 Å². The number of carbonyl (C=O) groups is 1. The van der Waals surface area contributed by atoms with Crippen LogP contribution >= 0.6 is 0 Å². The van der Waals surface area contributed by atoms with Gasteiger partial charge in [-0.25, -0.2) is 4.79 Å². The molecule has 2 N–H and O–H groups in total. The minimum Gasteiger partial charge on any atom is -0.444 e. The minimum absolute atomic E-state index is 0.181.